The SMILES string of the molecule is CC(O)CNC(=O)c1cccn(C)c1=O. The summed E-state index contributed by atoms with van der Waals surface area (Å²) < 4.78 is 1.33. The van der Waals surface area contributed by atoms with E-state index in [1.165, 1.54) is 10.6 Å². The lowest BCUT2D eigenvalue weighted by Crippen LogP contribution is -2.35. The standard InChI is InChI=1S/C10H14N2O3/c1-7(13)6-11-9(14)8-4-3-5-12(2)10(8)15/h3-5,7,13H,6H2,1-2H3,(H,11,14). The molecule has 0 spiro atoms. The number of nitrogens with one attached hydrogen (secondary N) is 1. The van der Waals surface area contributed by atoms with Crippen molar-refractivity contribution in [3.63, 3.8) is 0 Å². The molecule has 15 heavy (non-hydrogen) atoms. The highest BCUT2D eigenvalue weighted by atomic mass is 16.3. The quantitative estimate of drug-likeness (QED) is 0.706. The Morgan fingerprint density at radius 2 is 2.33 bits per heavy atom. The molecule has 0 saturated heterocycles. The maximum absolute atomic E-state index is 11.5. The molecule has 0 aliphatic rings. The summed E-state index contributed by atoms with van der Waals surface area (Å²) in [7, 11) is 1.58. The number of aliphatic hydroxyl groups excluding tert-OH is 1. The molecule has 0 fully saturated rings. The highest BCUT2D eigenvalue weighted by Crippen LogP contribution is 1.91. The fourth-order valence-corrected chi connectivity index (χ4v) is 1.11. The molecule has 1 atom stereocenters. The van der Waals surface area contributed by atoms with Gasteiger partial charge in [0.25, 0.3) is 11.5 Å². The molecule has 0 saturated carbocycles. The molecule has 1 amide bonds. The van der Waals surface area contributed by atoms with Crippen LogP contribution in [0, 0.1) is 0 Å². The van der Waals surface area contributed by atoms with Gasteiger partial charge in [-0.25, -0.2) is 0 Å². The van der Waals surface area contributed by atoms with Crippen molar-refractivity contribution in [2.45, 2.75) is 13.0 Å². The molecule has 0 bridgehead atoms. The molecule has 0 aliphatic carbocycles. The monoisotopic (exact) mass is 210 g/mol. The van der Waals surface area contributed by atoms with Gasteiger partial charge in [0.1, 0.15) is 5.56 Å². The Morgan fingerprint density at radius 3 is 2.93 bits per heavy atom. The maximum atomic E-state index is 11.5. The Kier molecular flexibility index (Phi) is 3.62. The maximum Gasteiger partial charge on any atom is 0.263 e. The highest BCUT2D eigenvalue weighted by Gasteiger charge is 2.10. The molecule has 0 aliphatic heterocycles. The van der Waals surface area contributed by atoms with Crippen LogP contribution in [0.3, 0.4) is 0 Å². The zero-order valence-corrected chi connectivity index (χ0v) is 8.73. The molecule has 1 unspecified atom stereocenters. The summed E-state index contributed by atoms with van der Waals surface area (Å²) in [4.78, 5) is 23.0. The topological polar surface area (TPSA) is 71.3 Å². The zero-order chi connectivity index (χ0) is 11.4. The van der Waals surface area contributed by atoms with E-state index in [2.05, 4.69) is 5.32 Å². The van der Waals surface area contributed by atoms with E-state index in [9.17, 15) is 9.59 Å². The number of hydrogen-bond donors (Lipinski definition) is 2. The molecule has 1 aromatic rings. The minimum atomic E-state index is -0.624. The summed E-state index contributed by atoms with van der Waals surface area (Å²) in [5.41, 5.74) is -0.263. The van der Waals surface area contributed by atoms with Gasteiger partial charge in [0.05, 0.1) is 6.10 Å². The van der Waals surface area contributed by atoms with Gasteiger partial charge in [0.15, 0.2) is 0 Å². The molecular formula is C10H14N2O3. The largest absolute Gasteiger partial charge is 0.392 e. The minimum absolute atomic E-state index is 0.0839. The number of carbonyl (C=O) groups excluding carboxylic acids is 1. The van der Waals surface area contributed by atoms with Crippen molar-refractivity contribution < 1.29 is 9.90 Å². The predicted molar refractivity (Wildman–Crippen MR) is 55.7 cm³/mol. The number of aliphatic hydroxyl groups is 1. The molecular weight excluding hydrogens is 196 g/mol. The molecule has 82 valence electrons. The number of aromatic nitrogens is 1. The van der Waals surface area contributed by atoms with Gasteiger partial charge < -0.3 is 15.0 Å². The van der Waals surface area contributed by atoms with Gasteiger partial charge >= 0.3 is 0 Å². The first-order chi connectivity index (χ1) is 7.02. The lowest BCUT2D eigenvalue weighted by Gasteiger charge is -2.07. The van der Waals surface area contributed by atoms with E-state index in [-0.39, 0.29) is 17.7 Å². The van der Waals surface area contributed by atoms with E-state index in [4.69, 9.17) is 5.11 Å². The second-order valence-electron chi connectivity index (χ2n) is 3.40. The van der Waals surface area contributed by atoms with Crippen LogP contribution in [0.25, 0.3) is 0 Å². The van der Waals surface area contributed by atoms with Crippen molar-refractivity contribution in [2.24, 2.45) is 7.05 Å². The van der Waals surface area contributed by atoms with E-state index >= 15 is 0 Å². The van der Waals surface area contributed by atoms with Crippen LogP contribution in [-0.2, 0) is 7.05 Å². The highest BCUT2D eigenvalue weighted by molar-refractivity contribution is 5.93. The van der Waals surface area contributed by atoms with Crippen LogP contribution < -0.4 is 10.9 Å². The van der Waals surface area contributed by atoms with Crippen molar-refractivity contribution in [2.75, 3.05) is 6.54 Å². The van der Waals surface area contributed by atoms with Gasteiger partial charge in [-0.15, -0.1) is 0 Å². The second-order valence-corrected chi connectivity index (χ2v) is 3.40. The van der Waals surface area contributed by atoms with Crippen LogP contribution in [0.5, 0.6) is 0 Å². The third kappa shape index (κ3) is 2.92. The third-order valence-corrected chi connectivity index (χ3v) is 1.93. The molecule has 5 heteroatoms. The van der Waals surface area contributed by atoms with Gasteiger partial charge in [-0.2, -0.15) is 0 Å². The van der Waals surface area contributed by atoms with Crippen molar-refractivity contribution >= 4 is 5.91 Å². The smallest absolute Gasteiger partial charge is 0.263 e. The molecule has 1 aromatic heterocycles. The number of rotatable bonds is 3. The molecule has 5 nitrogen and oxygen atoms in total. The first-order valence-corrected chi connectivity index (χ1v) is 4.64. The van der Waals surface area contributed by atoms with Gasteiger partial charge in [0, 0.05) is 19.8 Å². The Balaban J connectivity index is 2.83. The van der Waals surface area contributed by atoms with Crippen molar-refractivity contribution in [3.05, 3.63) is 34.2 Å². The molecule has 1 heterocycles. The van der Waals surface area contributed by atoms with E-state index < -0.39 is 12.0 Å². The summed E-state index contributed by atoms with van der Waals surface area (Å²) in [6, 6.07) is 3.08. The predicted octanol–water partition coefficient (Wildman–Crippen LogP) is -0.504. The zero-order valence-electron chi connectivity index (χ0n) is 8.73. The van der Waals surface area contributed by atoms with Gasteiger partial charge in [0.2, 0.25) is 0 Å². The summed E-state index contributed by atoms with van der Waals surface area (Å²) in [5.74, 6) is -0.461. The van der Waals surface area contributed by atoms with Gasteiger partial charge in [-0.1, -0.05) is 0 Å². The van der Waals surface area contributed by atoms with Crippen molar-refractivity contribution in [1.82, 2.24) is 9.88 Å². The lowest BCUT2D eigenvalue weighted by atomic mass is 10.2. The Hall–Kier alpha value is -1.62. The van der Waals surface area contributed by atoms with Crippen LogP contribution in [0.4, 0.5) is 0 Å². The fraction of sp³-hybridized carbons (Fsp3) is 0.400. The van der Waals surface area contributed by atoms with E-state index in [0.29, 0.717) is 0 Å². The van der Waals surface area contributed by atoms with Gasteiger partial charge in [-0.05, 0) is 19.1 Å². The van der Waals surface area contributed by atoms with Crippen molar-refractivity contribution in [3.8, 4) is 0 Å². The lowest BCUT2D eigenvalue weighted by molar-refractivity contribution is 0.0922. The van der Waals surface area contributed by atoms with Crippen molar-refractivity contribution in [1.29, 1.82) is 0 Å². The Labute approximate surface area is 87.4 Å². The fourth-order valence-electron chi connectivity index (χ4n) is 1.11. The van der Waals surface area contributed by atoms with Crippen LogP contribution in [0.2, 0.25) is 0 Å². The molecule has 1 rings (SSSR count). The number of nitrogens with zero attached hydrogens (tertiary/aromatic N) is 1. The molecule has 0 aromatic carbocycles. The normalized spacial score (nSPS) is 12.2. The Bertz CT molecular complexity index is 409. The number of pyridine rings is 1. The van der Waals surface area contributed by atoms with Crippen LogP contribution >= 0.6 is 0 Å². The minimum Gasteiger partial charge on any atom is -0.392 e. The molecule has 2 N–H and O–H groups in total. The molecule has 0 radical (unpaired) electrons. The van der Waals surface area contributed by atoms with E-state index in [1.54, 1.807) is 26.2 Å². The Morgan fingerprint density at radius 1 is 1.67 bits per heavy atom. The summed E-state index contributed by atoms with van der Waals surface area (Å²) in [5, 5.41) is 11.4. The number of hydrogen-bond acceptors (Lipinski definition) is 3. The van der Waals surface area contributed by atoms with Crippen LogP contribution in [0.15, 0.2) is 23.1 Å². The summed E-state index contributed by atoms with van der Waals surface area (Å²) in [6.45, 7) is 1.69. The third-order valence-electron chi connectivity index (χ3n) is 1.93. The van der Waals surface area contributed by atoms with Gasteiger partial charge in [-0.3, -0.25) is 9.59 Å². The van der Waals surface area contributed by atoms with E-state index in [1.807, 2.05) is 0 Å². The van der Waals surface area contributed by atoms with Crippen LogP contribution in [0.1, 0.15) is 17.3 Å². The average molecular weight is 210 g/mol. The number of amides is 1. The average Bonchev–Trinajstić information content (AvgIpc) is 2.18. The second kappa shape index (κ2) is 4.75. The summed E-state index contributed by atoms with van der Waals surface area (Å²) in [6.07, 6.45) is 0.954. The first-order valence-electron chi connectivity index (χ1n) is 4.64. The number of carbonyl (C=O) groups is 1. The van der Waals surface area contributed by atoms with Crippen LogP contribution in [-0.4, -0.2) is 28.2 Å². The number of aryl methyl sites for hydroxylation is 1. The summed E-state index contributed by atoms with van der Waals surface area (Å²) >= 11 is 0. The first kappa shape index (κ1) is 11.5. The van der Waals surface area contributed by atoms with E-state index in [0.717, 1.165) is 0 Å².